The molecular formula is C11H13ClN4. The van der Waals surface area contributed by atoms with Crippen LogP contribution >= 0.6 is 11.6 Å². The molecule has 0 amide bonds. The maximum Gasteiger partial charge on any atom is 0.0527 e. The molecule has 0 saturated heterocycles. The van der Waals surface area contributed by atoms with E-state index < -0.39 is 0 Å². The van der Waals surface area contributed by atoms with Crippen molar-refractivity contribution in [1.29, 1.82) is 0 Å². The van der Waals surface area contributed by atoms with Gasteiger partial charge in [0.1, 0.15) is 0 Å². The van der Waals surface area contributed by atoms with E-state index in [1.165, 1.54) is 0 Å². The average Bonchev–Trinajstić information content (AvgIpc) is 2.28. The quantitative estimate of drug-likeness (QED) is 0.278. The fourth-order valence-corrected chi connectivity index (χ4v) is 1.47. The largest absolute Gasteiger partial charge is 0.398 e. The predicted octanol–water partition coefficient (Wildman–Crippen LogP) is 3.94. The molecule has 1 rings (SSSR count). The van der Waals surface area contributed by atoms with Gasteiger partial charge in [-0.2, -0.15) is 0 Å². The Morgan fingerprint density at radius 1 is 1.56 bits per heavy atom. The summed E-state index contributed by atoms with van der Waals surface area (Å²) in [6, 6.07) is 3.70. The molecule has 2 N–H and O–H groups in total. The fourth-order valence-electron chi connectivity index (χ4n) is 1.24. The number of nitrogen functional groups attached to an aromatic ring is 1. The van der Waals surface area contributed by atoms with Crippen molar-refractivity contribution >= 4 is 23.4 Å². The highest BCUT2D eigenvalue weighted by Gasteiger charge is 2.02. The van der Waals surface area contributed by atoms with Crippen molar-refractivity contribution in [2.45, 2.75) is 13.3 Å². The molecule has 0 spiro atoms. The molecule has 0 saturated carbocycles. The highest BCUT2D eigenvalue weighted by molar-refractivity contribution is 6.33. The van der Waals surface area contributed by atoms with Crippen LogP contribution in [0.15, 0.2) is 23.3 Å². The summed E-state index contributed by atoms with van der Waals surface area (Å²) in [4.78, 5) is 2.67. The molecule has 16 heavy (non-hydrogen) atoms. The predicted molar refractivity (Wildman–Crippen MR) is 68.3 cm³/mol. The summed E-state index contributed by atoms with van der Waals surface area (Å²) >= 11 is 6.13. The number of benzene rings is 1. The summed E-state index contributed by atoms with van der Waals surface area (Å²) in [6.07, 6.45) is 4.52. The molecule has 4 nitrogen and oxygen atoms in total. The monoisotopic (exact) mass is 236 g/mol. The van der Waals surface area contributed by atoms with Gasteiger partial charge in [-0.3, -0.25) is 0 Å². The minimum atomic E-state index is 0.457. The summed E-state index contributed by atoms with van der Waals surface area (Å²) in [5.74, 6) is 0. The zero-order chi connectivity index (χ0) is 12.0. The van der Waals surface area contributed by atoms with Crippen LogP contribution < -0.4 is 5.73 Å². The molecule has 0 radical (unpaired) electrons. The summed E-state index contributed by atoms with van der Waals surface area (Å²) in [7, 11) is 0. The van der Waals surface area contributed by atoms with Crippen LogP contribution in [0.4, 0.5) is 5.69 Å². The highest BCUT2D eigenvalue weighted by Crippen LogP contribution is 2.26. The second kappa shape index (κ2) is 6.05. The molecular weight excluding hydrogens is 224 g/mol. The fraction of sp³-hybridized carbons (Fsp3) is 0.273. The molecule has 0 aliphatic rings. The summed E-state index contributed by atoms with van der Waals surface area (Å²) in [5.41, 5.74) is 16.3. The Kier molecular flexibility index (Phi) is 4.70. The normalized spacial score (nSPS) is 10.4. The van der Waals surface area contributed by atoms with Crippen LogP contribution in [-0.2, 0) is 0 Å². The van der Waals surface area contributed by atoms with E-state index in [-0.39, 0.29) is 0 Å². The Morgan fingerprint density at radius 2 is 2.31 bits per heavy atom. The highest BCUT2D eigenvalue weighted by atomic mass is 35.5. The third-order valence-electron chi connectivity index (χ3n) is 2.21. The Hall–Kier alpha value is -1.64. The Balaban J connectivity index is 2.74. The number of nitrogens with zero attached hydrogens (tertiary/aromatic N) is 3. The van der Waals surface area contributed by atoms with Crippen molar-refractivity contribution in [2.75, 3.05) is 12.3 Å². The van der Waals surface area contributed by atoms with Gasteiger partial charge in [-0.25, -0.2) is 0 Å². The maximum atomic E-state index is 8.09. The number of rotatable bonds is 4. The zero-order valence-electron chi connectivity index (χ0n) is 9.02. The molecule has 5 heteroatoms. The van der Waals surface area contributed by atoms with E-state index >= 15 is 0 Å². The third kappa shape index (κ3) is 3.19. The van der Waals surface area contributed by atoms with E-state index in [1.54, 1.807) is 0 Å². The van der Waals surface area contributed by atoms with E-state index in [0.29, 0.717) is 23.7 Å². The van der Waals surface area contributed by atoms with Crippen molar-refractivity contribution in [1.82, 2.24) is 0 Å². The Labute approximate surface area is 99.3 Å². The number of azide groups is 1. The first-order valence-corrected chi connectivity index (χ1v) is 5.26. The molecule has 1 aromatic carbocycles. The van der Waals surface area contributed by atoms with Gasteiger partial charge in [0, 0.05) is 17.1 Å². The lowest BCUT2D eigenvalue weighted by atomic mass is 10.1. The molecule has 0 aliphatic heterocycles. The van der Waals surface area contributed by atoms with E-state index in [0.717, 1.165) is 11.1 Å². The Morgan fingerprint density at radius 3 is 3.00 bits per heavy atom. The van der Waals surface area contributed by atoms with Crippen LogP contribution in [0.5, 0.6) is 0 Å². The van der Waals surface area contributed by atoms with Crippen molar-refractivity contribution in [3.63, 3.8) is 0 Å². The van der Waals surface area contributed by atoms with Gasteiger partial charge in [0.05, 0.1) is 5.02 Å². The summed E-state index contributed by atoms with van der Waals surface area (Å²) < 4.78 is 0. The first-order chi connectivity index (χ1) is 7.66. The number of halogens is 1. The molecule has 0 unspecified atom stereocenters. The van der Waals surface area contributed by atoms with E-state index in [4.69, 9.17) is 22.9 Å². The summed E-state index contributed by atoms with van der Waals surface area (Å²) in [5, 5.41) is 4.10. The molecule has 0 atom stereocenters. The van der Waals surface area contributed by atoms with Gasteiger partial charge in [-0.15, -0.1) is 0 Å². The lowest BCUT2D eigenvalue weighted by Gasteiger charge is -2.05. The SMILES string of the molecule is Cc1c(N)ccc(C=CCCN=[N+]=[N-])c1Cl. The molecule has 1 aromatic rings. The van der Waals surface area contributed by atoms with Crippen molar-refractivity contribution < 1.29 is 0 Å². The first-order valence-electron chi connectivity index (χ1n) is 4.88. The topological polar surface area (TPSA) is 74.8 Å². The molecule has 0 bridgehead atoms. The van der Waals surface area contributed by atoms with Gasteiger partial charge in [0.2, 0.25) is 0 Å². The molecule has 0 aromatic heterocycles. The lowest BCUT2D eigenvalue weighted by molar-refractivity contribution is 0.996. The van der Waals surface area contributed by atoms with Crippen LogP contribution in [0, 0.1) is 6.92 Å². The van der Waals surface area contributed by atoms with E-state index in [9.17, 15) is 0 Å². The van der Waals surface area contributed by atoms with Crippen molar-refractivity contribution in [2.24, 2.45) is 5.11 Å². The van der Waals surface area contributed by atoms with Crippen molar-refractivity contribution in [3.05, 3.63) is 44.8 Å². The first kappa shape index (κ1) is 12.4. The second-order valence-electron chi connectivity index (χ2n) is 3.33. The lowest BCUT2D eigenvalue weighted by Crippen LogP contribution is -1.91. The number of hydrogen-bond acceptors (Lipinski definition) is 2. The molecule has 84 valence electrons. The minimum Gasteiger partial charge on any atom is -0.398 e. The number of nitrogens with two attached hydrogens (primary N) is 1. The van der Waals surface area contributed by atoms with Gasteiger partial charge in [-0.1, -0.05) is 34.9 Å². The van der Waals surface area contributed by atoms with Gasteiger partial charge in [0.25, 0.3) is 0 Å². The number of hydrogen-bond donors (Lipinski definition) is 1. The van der Waals surface area contributed by atoms with E-state index in [1.807, 2.05) is 31.2 Å². The van der Waals surface area contributed by atoms with Crippen LogP contribution in [-0.4, -0.2) is 6.54 Å². The minimum absolute atomic E-state index is 0.457. The molecule has 0 aliphatic carbocycles. The molecule has 0 heterocycles. The van der Waals surface area contributed by atoms with E-state index in [2.05, 4.69) is 10.0 Å². The van der Waals surface area contributed by atoms with Gasteiger partial charge in [-0.05, 0) is 36.1 Å². The van der Waals surface area contributed by atoms with Crippen molar-refractivity contribution in [3.8, 4) is 0 Å². The van der Waals surface area contributed by atoms with Crippen LogP contribution in [0.1, 0.15) is 17.5 Å². The smallest absolute Gasteiger partial charge is 0.0527 e. The third-order valence-corrected chi connectivity index (χ3v) is 2.72. The summed E-state index contributed by atoms with van der Waals surface area (Å²) in [6.45, 7) is 2.34. The molecule has 0 fully saturated rings. The Bertz CT molecular complexity index is 448. The van der Waals surface area contributed by atoms with Crippen LogP contribution in [0.2, 0.25) is 5.02 Å². The van der Waals surface area contributed by atoms with Crippen LogP contribution in [0.25, 0.3) is 16.5 Å². The number of anilines is 1. The maximum absolute atomic E-state index is 8.09. The standard InChI is InChI=1S/C11H13ClN4/c1-8-10(13)6-5-9(11(8)12)4-2-3-7-15-16-14/h2,4-6H,3,7,13H2,1H3. The zero-order valence-corrected chi connectivity index (χ0v) is 9.78. The second-order valence-corrected chi connectivity index (χ2v) is 3.71. The van der Waals surface area contributed by atoms with Gasteiger partial charge < -0.3 is 5.73 Å². The van der Waals surface area contributed by atoms with Crippen LogP contribution in [0.3, 0.4) is 0 Å². The van der Waals surface area contributed by atoms with Gasteiger partial charge in [0.15, 0.2) is 0 Å². The van der Waals surface area contributed by atoms with Gasteiger partial charge >= 0.3 is 0 Å². The average molecular weight is 237 g/mol.